The van der Waals surface area contributed by atoms with Crippen molar-refractivity contribution in [3.63, 3.8) is 0 Å². The molecule has 6 heteroatoms. The quantitative estimate of drug-likeness (QED) is 0.727. The van der Waals surface area contributed by atoms with Crippen molar-refractivity contribution < 1.29 is 0 Å². The van der Waals surface area contributed by atoms with Crippen LogP contribution in [0.4, 0.5) is 5.82 Å². The number of hydrogen-bond donors (Lipinski definition) is 1. The van der Waals surface area contributed by atoms with Crippen molar-refractivity contribution in [1.29, 1.82) is 0 Å². The Labute approximate surface area is 145 Å². The van der Waals surface area contributed by atoms with Crippen molar-refractivity contribution >= 4 is 30.2 Å². The van der Waals surface area contributed by atoms with Gasteiger partial charge in [0, 0.05) is 34.4 Å². The van der Waals surface area contributed by atoms with E-state index >= 15 is 0 Å². The minimum Gasteiger partial charge on any atom is -0.384 e. The molecule has 2 heterocycles. The summed E-state index contributed by atoms with van der Waals surface area (Å²) in [5.74, 6) is 1.24. The smallest absolute Gasteiger partial charge is 0.147 e. The van der Waals surface area contributed by atoms with Crippen LogP contribution in [0, 0.1) is 6.92 Å². The molecule has 24 heavy (non-hydrogen) atoms. The molecule has 0 spiro atoms. The number of hydrogen-bond acceptors (Lipinski definition) is 4. The Bertz CT molecular complexity index is 892. The molecule has 5 nitrogen and oxygen atoms in total. The first-order chi connectivity index (χ1) is 11.6. The standard InChI is InChI=1S/C18H16ClN5/c1-12-16(9-10-21-2)23-18(13-3-8-17(20)22-11-13)24(12)15-6-4-14(19)5-7-15/h3-11H,2H2,1H3,(H2,20,22)/b10-9-. The molecule has 3 aromatic rings. The lowest BCUT2D eigenvalue weighted by Gasteiger charge is -2.10. The number of nitrogens with two attached hydrogens (primary N) is 1. The van der Waals surface area contributed by atoms with Gasteiger partial charge in [0.25, 0.3) is 0 Å². The zero-order valence-corrected chi connectivity index (χ0v) is 13.9. The monoisotopic (exact) mass is 337 g/mol. The Balaban J connectivity index is 2.22. The number of anilines is 1. The molecule has 120 valence electrons. The van der Waals surface area contributed by atoms with Crippen LogP contribution in [0.2, 0.25) is 5.02 Å². The second-order valence-electron chi connectivity index (χ2n) is 5.19. The highest BCUT2D eigenvalue weighted by atomic mass is 35.5. The molecule has 0 saturated carbocycles. The van der Waals surface area contributed by atoms with Crippen LogP contribution in [0.3, 0.4) is 0 Å². The molecule has 2 aromatic heterocycles. The van der Waals surface area contributed by atoms with E-state index < -0.39 is 0 Å². The summed E-state index contributed by atoms with van der Waals surface area (Å²) in [5.41, 5.74) is 9.30. The molecule has 0 bridgehead atoms. The van der Waals surface area contributed by atoms with Crippen molar-refractivity contribution in [2.24, 2.45) is 4.99 Å². The van der Waals surface area contributed by atoms with E-state index in [9.17, 15) is 0 Å². The largest absolute Gasteiger partial charge is 0.384 e. The highest BCUT2D eigenvalue weighted by Crippen LogP contribution is 2.27. The number of nitrogen functional groups attached to an aromatic ring is 1. The minimum absolute atomic E-state index is 0.469. The molecule has 0 atom stereocenters. The fourth-order valence-corrected chi connectivity index (χ4v) is 2.56. The van der Waals surface area contributed by atoms with Gasteiger partial charge in [-0.05, 0) is 56.1 Å². The SMILES string of the molecule is C=N/C=C\c1nc(-c2ccc(N)nc2)n(-c2ccc(Cl)cc2)c1C. The van der Waals surface area contributed by atoms with Crippen LogP contribution in [-0.2, 0) is 0 Å². The van der Waals surface area contributed by atoms with Crippen LogP contribution in [0.1, 0.15) is 11.4 Å². The summed E-state index contributed by atoms with van der Waals surface area (Å²) < 4.78 is 2.05. The summed E-state index contributed by atoms with van der Waals surface area (Å²) in [6.07, 6.45) is 5.15. The maximum Gasteiger partial charge on any atom is 0.147 e. The number of nitrogens with zero attached hydrogens (tertiary/aromatic N) is 4. The number of rotatable bonds is 4. The average molecular weight is 338 g/mol. The molecule has 0 aliphatic heterocycles. The molecule has 0 aliphatic carbocycles. The predicted octanol–water partition coefficient (Wildman–Crippen LogP) is 4.15. The Morgan fingerprint density at radius 1 is 1.21 bits per heavy atom. The topological polar surface area (TPSA) is 69.1 Å². The average Bonchev–Trinajstić information content (AvgIpc) is 2.91. The summed E-state index contributed by atoms with van der Waals surface area (Å²) >= 11 is 6.01. The highest BCUT2D eigenvalue weighted by Gasteiger charge is 2.15. The number of benzene rings is 1. The number of imidazole rings is 1. The van der Waals surface area contributed by atoms with Gasteiger partial charge in [0.1, 0.15) is 11.6 Å². The number of aromatic nitrogens is 3. The first kappa shape index (κ1) is 16.0. The lowest BCUT2D eigenvalue weighted by molar-refractivity contribution is 1.01. The fourth-order valence-electron chi connectivity index (χ4n) is 2.44. The summed E-state index contributed by atoms with van der Waals surface area (Å²) in [5, 5.41) is 0.684. The molecule has 1 aromatic carbocycles. The highest BCUT2D eigenvalue weighted by molar-refractivity contribution is 6.30. The van der Waals surface area contributed by atoms with E-state index in [1.54, 1.807) is 18.5 Å². The van der Waals surface area contributed by atoms with Crippen molar-refractivity contribution in [2.75, 3.05) is 5.73 Å². The molecule has 0 amide bonds. The molecular weight excluding hydrogens is 322 g/mol. The third kappa shape index (κ3) is 3.07. The van der Waals surface area contributed by atoms with E-state index in [0.717, 1.165) is 28.5 Å². The van der Waals surface area contributed by atoms with Gasteiger partial charge in [-0.3, -0.25) is 9.56 Å². The normalized spacial score (nSPS) is 11.1. The maximum absolute atomic E-state index is 6.01. The summed E-state index contributed by atoms with van der Waals surface area (Å²) in [7, 11) is 0. The van der Waals surface area contributed by atoms with Crippen molar-refractivity contribution in [1.82, 2.24) is 14.5 Å². The summed E-state index contributed by atoms with van der Waals surface area (Å²) in [6.45, 7) is 5.46. The van der Waals surface area contributed by atoms with Crippen LogP contribution in [-0.4, -0.2) is 21.3 Å². The Morgan fingerprint density at radius 3 is 2.58 bits per heavy atom. The van der Waals surface area contributed by atoms with E-state index in [0.29, 0.717) is 10.8 Å². The first-order valence-corrected chi connectivity index (χ1v) is 7.67. The minimum atomic E-state index is 0.469. The third-order valence-electron chi connectivity index (χ3n) is 3.61. The van der Waals surface area contributed by atoms with Crippen LogP contribution in [0.25, 0.3) is 23.2 Å². The van der Waals surface area contributed by atoms with Crippen LogP contribution in [0.15, 0.2) is 53.8 Å². The molecule has 0 radical (unpaired) electrons. The van der Waals surface area contributed by atoms with Crippen LogP contribution >= 0.6 is 11.6 Å². The zero-order valence-electron chi connectivity index (χ0n) is 13.1. The number of aliphatic imine (C=N–C) groups is 1. The molecule has 0 saturated heterocycles. The third-order valence-corrected chi connectivity index (χ3v) is 3.86. The number of halogens is 1. The molecule has 0 aliphatic rings. The second-order valence-corrected chi connectivity index (χ2v) is 5.62. The second kappa shape index (κ2) is 6.68. The lowest BCUT2D eigenvalue weighted by Crippen LogP contribution is -2.00. The Morgan fingerprint density at radius 2 is 1.96 bits per heavy atom. The molecule has 2 N–H and O–H groups in total. The van der Waals surface area contributed by atoms with E-state index in [1.165, 1.54) is 0 Å². The van der Waals surface area contributed by atoms with Gasteiger partial charge in [0.2, 0.25) is 0 Å². The zero-order chi connectivity index (χ0) is 17.1. The molecule has 3 rings (SSSR count). The Hall–Kier alpha value is -2.92. The molecular formula is C18H16ClN5. The van der Waals surface area contributed by atoms with E-state index in [2.05, 4.69) is 16.7 Å². The summed E-state index contributed by atoms with van der Waals surface area (Å²) in [4.78, 5) is 12.6. The molecule has 0 fully saturated rings. The van der Waals surface area contributed by atoms with E-state index in [4.69, 9.17) is 22.3 Å². The van der Waals surface area contributed by atoms with Gasteiger partial charge in [-0.1, -0.05) is 11.6 Å². The van der Waals surface area contributed by atoms with Crippen molar-refractivity contribution in [2.45, 2.75) is 6.92 Å². The first-order valence-electron chi connectivity index (χ1n) is 7.29. The van der Waals surface area contributed by atoms with Crippen molar-refractivity contribution in [3.05, 3.63) is 65.2 Å². The van der Waals surface area contributed by atoms with Gasteiger partial charge in [-0.15, -0.1) is 0 Å². The Kier molecular flexibility index (Phi) is 4.44. The van der Waals surface area contributed by atoms with E-state index in [-0.39, 0.29) is 0 Å². The molecule has 0 unspecified atom stereocenters. The van der Waals surface area contributed by atoms with Gasteiger partial charge < -0.3 is 5.73 Å². The van der Waals surface area contributed by atoms with Gasteiger partial charge >= 0.3 is 0 Å². The summed E-state index contributed by atoms with van der Waals surface area (Å²) in [6, 6.07) is 11.3. The lowest BCUT2D eigenvalue weighted by atomic mass is 10.2. The van der Waals surface area contributed by atoms with Crippen LogP contribution < -0.4 is 5.73 Å². The van der Waals surface area contributed by atoms with Gasteiger partial charge in [0.15, 0.2) is 0 Å². The fraction of sp³-hybridized carbons (Fsp3) is 0.0556. The number of pyridine rings is 1. The predicted molar refractivity (Wildman–Crippen MR) is 99.5 cm³/mol. The van der Waals surface area contributed by atoms with Gasteiger partial charge in [0.05, 0.1) is 5.69 Å². The van der Waals surface area contributed by atoms with E-state index in [1.807, 2.05) is 47.9 Å². The maximum atomic E-state index is 6.01. The van der Waals surface area contributed by atoms with Gasteiger partial charge in [-0.2, -0.15) is 0 Å². The van der Waals surface area contributed by atoms with Crippen LogP contribution in [0.5, 0.6) is 0 Å². The van der Waals surface area contributed by atoms with Crippen molar-refractivity contribution in [3.8, 4) is 17.1 Å². The van der Waals surface area contributed by atoms with Gasteiger partial charge in [-0.25, -0.2) is 9.97 Å².